The number of rotatable bonds is 3. The summed E-state index contributed by atoms with van der Waals surface area (Å²) >= 11 is 5.93. The smallest absolute Gasteiger partial charge is 0.0406 e. The van der Waals surface area contributed by atoms with E-state index in [9.17, 15) is 0 Å². The van der Waals surface area contributed by atoms with Gasteiger partial charge >= 0.3 is 0 Å². The van der Waals surface area contributed by atoms with Crippen LogP contribution >= 0.6 is 11.6 Å². The van der Waals surface area contributed by atoms with Gasteiger partial charge in [-0.05, 0) is 49.3 Å². The van der Waals surface area contributed by atoms with Crippen molar-refractivity contribution in [3.63, 3.8) is 0 Å². The molecule has 1 nitrogen and oxygen atoms in total. The molecule has 0 spiro atoms. The van der Waals surface area contributed by atoms with E-state index in [1.165, 1.54) is 24.8 Å². The normalized spacial score (nSPS) is 30.1. The van der Waals surface area contributed by atoms with Crippen LogP contribution in [-0.4, -0.2) is 6.04 Å². The predicted octanol–water partition coefficient (Wildman–Crippen LogP) is 4.82. The fraction of sp³-hybridized carbons (Fsp3) is 0.625. The molecule has 2 heteroatoms. The molecule has 0 bridgehead atoms. The molecule has 3 unspecified atom stereocenters. The zero-order valence-electron chi connectivity index (χ0n) is 11.6. The molecule has 1 aromatic carbocycles. The second-order valence-electron chi connectivity index (χ2n) is 5.94. The Morgan fingerprint density at radius 2 is 1.83 bits per heavy atom. The number of halogens is 1. The number of benzene rings is 1. The van der Waals surface area contributed by atoms with Gasteiger partial charge in [0.2, 0.25) is 0 Å². The van der Waals surface area contributed by atoms with Crippen LogP contribution in [-0.2, 0) is 0 Å². The van der Waals surface area contributed by atoms with Gasteiger partial charge in [0.1, 0.15) is 0 Å². The van der Waals surface area contributed by atoms with Crippen molar-refractivity contribution in [1.82, 2.24) is 5.32 Å². The van der Waals surface area contributed by atoms with Crippen LogP contribution in [0.5, 0.6) is 0 Å². The van der Waals surface area contributed by atoms with Crippen molar-refractivity contribution in [1.29, 1.82) is 0 Å². The monoisotopic (exact) mass is 265 g/mol. The van der Waals surface area contributed by atoms with E-state index in [2.05, 4.69) is 38.2 Å². The fourth-order valence-electron chi connectivity index (χ4n) is 2.93. The summed E-state index contributed by atoms with van der Waals surface area (Å²) in [6.07, 6.45) is 4.04. The summed E-state index contributed by atoms with van der Waals surface area (Å²) < 4.78 is 0. The average Bonchev–Trinajstić information content (AvgIpc) is 2.34. The zero-order chi connectivity index (χ0) is 13.1. The van der Waals surface area contributed by atoms with E-state index in [-0.39, 0.29) is 0 Å². The van der Waals surface area contributed by atoms with Gasteiger partial charge < -0.3 is 5.32 Å². The molecule has 2 rings (SSSR count). The van der Waals surface area contributed by atoms with Gasteiger partial charge in [-0.25, -0.2) is 0 Å². The van der Waals surface area contributed by atoms with Crippen molar-refractivity contribution in [3.8, 4) is 0 Å². The number of hydrogen-bond acceptors (Lipinski definition) is 1. The quantitative estimate of drug-likeness (QED) is 0.827. The van der Waals surface area contributed by atoms with Gasteiger partial charge in [0.15, 0.2) is 0 Å². The molecule has 100 valence electrons. The summed E-state index contributed by atoms with van der Waals surface area (Å²) in [5, 5.41) is 4.60. The molecule has 1 aromatic rings. The van der Waals surface area contributed by atoms with E-state index in [4.69, 9.17) is 11.6 Å². The van der Waals surface area contributed by atoms with Gasteiger partial charge in [-0.2, -0.15) is 0 Å². The first kappa shape index (κ1) is 13.9. The Balaban J connectivity index is 1.97. The van der Waals surface area contributed by atoms with Gasteiger partial charge in [0.05, 0.1) is 0 Å². The fourth-order valence-corrected chi connectivity index (χ4v) is 3.06. The third kappa shape index (κ3) is 3.49. The van der Waals surface area contributed by atoms with Gasteiger partial charge in [-0.15, -0.1) is 0 Å². The Morgan fingerprint density at radius 3 is 2.50 bits per heavy atom. The molecular formula is C16H24ClN. The molecule has 18 heavy (non-hydrogen) atoms. The van der Waals surface area contributed by atoms with E-state index in [0.717, 1.165) is 16.9 Å². The first-order valence-corrected chi connectivity index (χ1v) is 7.45. The Kier molecular flexibility index (Phi) is 4.69. The van der Waals surface area contributed by atoms with E-state index in [1.54, 1.807) is 0 Å². The van der Waals surface area contributed by atoms with Crippen molar-refractivity contribution < 1.29 is 0 Å². The Hall–Kier alpha value is -0.530. The summed E-state index contributed by atoms with van der Waals surface area (Å²) in [6, 6.07) is 9.25. The SMILES string of the molecule is CC1CCC(C)C(N[C@H](C)c2ccc(Cl)cc2)C1. The minimum Gasteiger partial charge on any atom is -0.307 e. The third-order valence-corrected chi connectivity index (χ3v) is 4.54. The van der Waals surface area contributed by atoms with Crippen LogP contribution in [0.1, 0.15) is 51.6 Å². The van der Waals surface area contributed by atoms with Crippen LogP contribution in [0.15, 0.2) is 24.3 Å². The highest BCUT2D eigenvalue weighted by molar-refractivity contribution is 6.30. The molecular weight excluding hydrogens is 242 g/mol. The predicted molar refractivity (Wildman–Crippen MR) is 79.0 cm³/mol. The molecule has 4 atom stereocenters. The number of hydrogen-bond donors (Lipinski definition) is 1. The first-order valence-electron chi connectivity index (χ1n) is 7.07. The average molecular weight is 266 g/mol. The van der Waals surface area contributed by atoms with Crippen LogP contribution in [0, 0.1) is 11.8 Å². The lowest BCUT2D eigenvalue weighted by molar-refractivity contribution is 0.216. The molecule has 0 aliphatic heterocycles. The van der Waals surface area contributed by atoms with Gasteiger partial charge in [-0.1, -0.05) is 44.0 Å². The van der Waals surface area contributed by atoms with Crippen molar-refractivity contribution in [3.05, 3.63) is 34.9 Å². The lowest BCUT2D eigenvalue weighted by Crippen LogP contribution is -2.40. The summed E-state index contributed by atoms with van der Waals surface area (Å²) in [7, 11) is 0. The van der Waals surface area contributed by atoms with Crippen LogP contribution in [0.2, 0.25) is 5.02 Å². The highest BCUT2D eigenvalue weighted by Crippen LogP contribution is 2.30. The topological polar surface area (TPSA) is 12.0 Å². The summed E-state index contributed by atoms with van der Waals surface area (Å²) in [4.78, 5) is 0. The first-order chi connectivity index (χ1) is 8.56. The number of nitrogens with one attached hydrogen (secondary N) is 1. The lowest BCUT2D eigenvalue weighted by atomic mass is 9.79. The maximum atomic E-state index is 5.93. The maximum Gasteiger partial charge on any atom is 0.0406 e. The molecule has 0 saturated heterocycles. The lowest BCUT2D eigenvalue weighted by Gasteiger charge is -2.35. The highest BCUT2D eigenvalue weighted by Gasteiger charge is 2.26. The second-order valence-corrected chi connectivity index (χ2v) is 6.38. The Labute approximate surface area is 116 Å². The third-order valence-electron chi connectivity index (χ3n) is 4.29. The Bertz CT molecular complexity index is 373. The van der Waals surface area contributed by atoms with Crippen LogP contribution in [0.25, 0.3) is 0 Å². The van der Waals surface area contributed by atoms with Gasteiger partial charge in [0.25, 0.3) is 0 Å². The molecule has 1 saturated carbocycles. The zero-order valence-corrected chi connectivity index (χ0v) is 12.4. The van der Waals surface area contributed by atoms with E-state index < -0.39 is 0 Å². The van der Waals surface area contributed by atoms with Crippen LogP contribution < -0.4 is 5.32 Å². The van der Waals surface area contributed by atoms with Gasteiger partial charge in [-0.3, -0.25) is 0 Å². The maximum absolute atomic E-state index is 5.93. The van der Waals surface area contributed by atoms with Crippen molar-refractivity contribution in [2.24, 2.45) is 11.8 Å². The highest BCUT2D eigenvalue weighted by atomic mass is 35.5. The molecule has 0 radical (unpaired) electrons. The van der Waals surface area contributed by atoms with Crippen molar-refractivity contribution in [2.45, 2.75) is 52.1 Å². The van der Waals surface area contributed by atoms with E-state index >= 15 is 0 Å². The van der Waals surface area contributed by atoms with Crippen molar-refractivity contribution in [2.75, 3.05) is 0 Å². The van der Waals surface area contributed by atoms with E-state index in [1.807, 2.05) is 12.1 Å². The molecule has 1 aliphatic carbocycles. The van der Waals surface area contributed by atoms with Crippen molar-refractivity contribution >= 4 is 11.6 Å². The van der Waals surface area contributed by atoms with E-state index in [0.29, 0.717) is 12.1 Å². The molecule has 1 aliphatic rings. The minimum absolute atomic E-state index is 0.403. The van der Waals surface area contributed by atoms with Crippen LogP contribution in [0.3, 0.4) is 0 Å². The summed E-state index contributed by atoms with van der Waals surface area (Å²) in [5.74, 6) is 1.65. The summed E-state index contributed by atoms with van der Waals surface area (Å²) in [6.45, 7) is 6.99. The molecule has 0 aromatic heterocycles. The second kappa shape index (κ2) is 6.08. The standard InChI is InChI=1S/C16H24ClN/c1-11-4-5-12(2)16(10-11)18-13(3)14-6-8-15(17)9-7-14/h6-9,11-13,16,18H,4-5,10H2,1-3H3/t11?,12?,13-,16?/m1/s1. The minimum atomic E-state index is 0.403. The molecule has 1 N–H and O–H groups in total. The summed E-state index contributed by atoms with van der Waals surface area (Å²) in [5.41, 5.74) is 1.32. The molecule has 0 heterocycles. The Morgan fingerprint density at radius 1 is 1.17 bits per heavy atom. The largest absolute Gasteiger partial charge is 0.307 e. The van der Waals surface area contributed by atoms with Crippen LogP contribution in [0.4, 0.5) is 0 Å². The molecule has 1 fully saturated rings. The van der Waals surface area contributed by atoms with Gasteiger partial charge in [0, 0.05) is 17.1 Å². The molecule has 0 amide bonds.